The van der Waals surface area contributed by atoms with Gasteiger partial charge in [-0.2, -0.15) is 0 Å². The summed E-state index contributed by atoms with van der Waals surface area (Å²) < 4.78 is 7.20. The third kappa shape index (κ3) is 4.74. The Balaban J connectivity index is 1.88. The number of carbonyl (C=O) groups excluding carboxylic acids is 2. The number of nitrogens with one attached hydrogen (secondary N) is 2. The number of para-hydroxylation sites is 2. The summed E-state index contributed by atoms with van der Waals surface area (Å²) in [6.07, 6.45) is 2.60. The fourth-order valence-electron chi connectivity index (χ4n) is 2.95. The predicted octanol–water partition coefficient (Wildman–Crippen LogP) is 3.76. The monoisotopic (exact) mass is 394 g/mol. The van der Waals surface area contributed by atoms with Crippen molar-refractivity contribution in [3.63, 3.8) is 0 Å². The van der Waals surface area contributed by atoms with E-state index >= 15 is 0 Å². The molecule has 0 aliphatic rings. The Morgan fingerprint density at radius 2 is 1.86 bits per heavy atom. The summed E-state index contributed by atoms with van der Waals surface area (Å²) in [5.74, 6) is 0.549. The number of fused-ring (bicyclic) bond motifs is 1. The van der Waals surface area contributed by atoms with Crippen molar-refractivity contribution in [1.29, 1.82) is 0 Å². The normalized spacial score (nSPS) is 10.9. The maximum Gasteiger partial charge on any atom is 0.287 e. The van der Waals surface area contributed by atoms with Crippen LogP contribution < -0.4 is 15.4 Å². The molecule has 0 bridgehead atoms. The van der Waals surface area contributed by atoms with Crippen LogP contribution in [0.3, 0.4) is 0 Å². The molecule has 0 radical (unpaired) electrons. The number of nitrogens with zero attached hydrogens (tertiary/aromatic N) is 2. The summed E-state index contributed by atoms with van der Waals surface area (Å²) >= 11 is 0. The molecule has 0 unspecified atom stereocenters. The lowest BCUT2D eigenvalue weighted by molar-refractivity contribution is 0.0941. The quantitative estimate of drug-likeness (QED) is 0.609. The fourth-order valence-corrected chi connectivity index (χ4v) is 2.95. The molecule has 0 fully saturated rings. The van der Waals surface area contributed by atoms with Gasteiger partial charge in [-0.05, 0) is 43.5 Å². The lowest BCUT2D eigenvalue weighted by Gasteiger charge is -2.10. The molecule has 0 aliphatic heterocycles. The Hall–Kier alpha value is -3.35. The molecular weight excluding hydrogens is 368 g/mol. The Bertz CT molecular complexity index is 1010. The van der Waals surface area contributed by atoms with Crippen molar-refractivity contribution in [2.75, 3.05) is 18.5 Å². The average Bonchev–Trinajstić information content (AvgIpc) is 3.09. The van der Waals surface area contributed by atoms with Gasteiger partial charge < -0.3 is 15.4 Å². The molecule has 152 valence electrons. The van der Waals surface area contributed by atoms with Crippen molar-refractivity contribution in [2.24, 2.45) is 5.92 Å². The van der Waals surface area contributed by atoms with Gasteiger partial charge in [-0.15, -0.1) is 0 Å². The van der Waals surface area contributed by atoms with Crippen LogP contribution in [0.25, 0.3) is 5.52 Å². The minimum atomic E-state index is -0.401. The van der Waals surface area contributed by atoms with Gasteiger partial charge in [0.15, 0.2) is 5.69 Å². The van der Waals surface area contributed by atoms with Crippen LogP contribution in [0.1, 0.15) is 48.3 Å². The van der Waals surface area contributed by atoms with Crippen LogP contribution in [0.4, 0.5) is 5.69 Å². The van der Waals surface area contributed by atoms with Crippen molar-refractivity contribution in [1.82, 2.24) is 14.7 Å². The maximum atomic E-state index is 12.9. The fraction of sp³-hybridized carbons (Fsp3) is 0.318. The molecule has 0 aliphatic carbocycles. The molecule has 3 aromatic rings. The molecule has 2 heterocycles. The van der Waals surface area contributed by atoms with Gasteiger partial charge in [0.05, 0.1) is 17.8 Å². The van der Waals surface area contributed by atoms with E-state index in [-0.39, 0.29) is 17.4 Å². The van der Waals surface area contributed by atoms with Crippen molar-refractivity contribution in [3.05, 3.63) is 60.2 Å². The molecule has 29 heavy (non-hydrogen) atoms. The van der Waals surface area contributed by atoms with E-state index in [1.54, 1.807) is 34.9 Å². The van der Waals surface area contributed by atoms with Crippen LogP contribution in [0.2, 0.25) is 0 Å². The molecule has 2 aromatic heterocycles. The second-order valence-electron chi connectivity index (χ2n) is 7.06. The summed E-state index contributed by atoms with van der Waals surface area (Å²) in [6.45, 7) is 7.12. The number of imidazole rings is 1. The minimum Gasteiger partial charge on any atom is -0.492 e. The second-order valence-corrected chi connectivity index (χ2v) is 7.06. The number of pyridine rings is 1. The van der Waals surface area contributed by atoms with Gasteiger partial charge >= 0.3 is 0 Å². The summed E-state index contributed by atoms with van der Waals surface area (Å²) in [5.41, 5.74) is 1.30. The van der Waals surface area contributed by atoms with Crippen LogP contribution in [0.15, 0.2) is 48.7 Å². The van der Waals surface area contributed by atoms with Gasteiger partial charge in [-0.3, -0.25) is 14.0 Å². The zero-order chi connectivity index (χ0) is 20.8. The number of aromatic nitrogens is 2. The van der Waals surface area contributed by atoms with Crippen LogP contribution in [-0.2, 0) is 0 Å². The molecule has 3 rings (SSSR count). The minimum absolute atomic E-state index is 0.186. The van der Waals surface area contributed by atoms with Crippen molar-refractivity contribution < 1.29 is 14.3 Å². The first-order valence-electron chi connectivity index (χ1n) is 9.79. The van der Waals surface area contributed by atoms with Crippen LogP contribution in [0, 0.1) is 5.92 Å². The van der Waals surface area contributed by atoms with E-state index in [9.17, 15) is 9.59 Å². The van der Waals surface area contributed by atoms with Gasteiger partial charge in [-0.25, -0.2) is 4.98 Å². The van der Waals surface area contributed by atoms with Crippen molar-refractivity contribution in [2.45, 2.75) is 27.2 Å². The number of benzene rings is 1. The third-order valence-electron chi connectivity index (χ3n) is 4.41. The third-order valence-corrected chi connectivity index (χ3v) is 4.41. The van der Waals surface area contributed by atoms with Gasteiger partial charge in [0.25, 0.3) is 11.8 Å². The maximum absolute atomic E-state index is 12.9. The summed E-state index contributed by atoms with van der Waals surface area (Å²) in [6, 6.07) is 12.6. The molecule has 7 heteroatoms. The summed E-state index contributed by atoms with van der Waals surface area (Å²) in [7, 11) is 0. The molecule has 0 atom stereocenters. The van der Waals surface area contributed by atoms with Crippen molar-refractivity contribution >= 4 is 23.0 Å². The van der Waals surface area contributed by atoms with E-state index in [2.05, 4.69) is 29.5 Å². The molecule has 7 nitrogen and oxygen atoms in total. The van der Waals surface area contributed by atoms with Crippen LogP contribution in [0.5, 0.6) is 5.75 Å². The predicted molar refractivity (Wildman–Crippen MR) is 113 cm³/mol. The Labute approximate surface area is 170 Å². The Morgan fingerprint density at radius 1 is 1.10 bits per heavy atom. The molecule has 0 saturated carbocycles. The molecule has 1 aromatic carbocycles. The first kappa shape index (κ1) is 20.4. The zero-order valence-corrected chi connectivity index (χ0v) is 16.9. The van der Waals surface area contributed by atoms with E-state index in [4.69, 9.17) is 4.74 Å². The Kier molecular flexibility index (Phi) is 6.49. The number of hydrogen-bond acceptors (Lipinski definition) is 4. The van der Waals surface area contributed by atoms with E-state index in [0.717, 1.165) is 6.42 Å². The van der Waals surface area contributed by atoms with Gasteiger partial charge in [0.1, 0.15) is 5.75 Å². The number of anilines is 1. The van der Waals surface area contributed by atoms with E-state index in [0.29, 0.717) is 36.0 Å². The van der Waals surface area contributed by atoms with Crippen LogP contribution >= 0.6 is 0 Å². The first-order chi connectivity index (χ1) is 14.0. The molecular formula is C22H26N4O3. The second kappa shape index (κ2) is 9.23. The highest BCUT2D eigenvalue weighted by molar-refractivity contribution is 6.09. The summed E-state index contributed by atoms with van der Waals surface area (Å²) in [5, 5.41) is 5.72. The zero-order valence-electron chi connectivity index (χ0n) is 16.9. The average molecular weight is 394 g/mol. The smallest absolute Gasteiger partial charge is 0.287 e. The molecule has 0 saturated heterocycles. The van der Waals surface area contributed by atoms with Crippen molar-refractivity contribution in [3.8, 4) is 5.75 Å². The number of ether oxygens (including phenoxy) is 1. The number of amides is 2. The Morgan fingerprint density at radius 3 is 2.62 bits per heavy atom. The standard InChI is InChI=1S/C22H26N4O3/c1-4-29-18-11-6-5-9-16(18)24-21(27)19-17-10-7-8-14-26(17)20(25-19)22(28)23-13-12-15(2)3/h5-11,14-15H,4,12-13H2,1-3H3,(H,23,28)(H,24,27). The number of rotatable bonds is 8. The van der Waals surface area contributed by atoms with E-state index in [1.165, 1.54) is 0 Å². The SMILES string of the molecule is CCOc1ccccc1NC(=O)c1nc(C(=O)NCCC(C)C)n2ccccc12. The van der Waals surface area contributed by atoms with Gasteiger partial charge in [0.2, 0.25) is 5.82 Å². The lowest BCUT2D eigenvalue weighted by atomic mass is 10.1. The summed E-state index contributed by atoms with van der Waals surface area (Å²) in [4.78, 5) is 29.9. The highest BCUT2D eigenvalue weighted by atomic mass is 16.5. The lowest BCUT2D eigenvalue weighted by Crippen LogP contribution is -2.27. The molecule has 2 amide bonds. The highest BCUT2D eigenvalue weighted by Gasteiger charge is 2.22. The highest BCUT2D eigenvalue weighted by Crippen LogP contribution is 2.25. The van der Waals surface area contributed by atoms with Crippen LogP contribution in [-0.4, -0.2) is 34.4 Å². The molecule has 2 N–H and O–H groups in total. The topological polar surface area (TPSA) is 84.7 Å². The van der Waals surface area contributed by atoms with Gasteiger partial charge in [0, 0.05) is 12.7 Å². The van der Waals surface area contributed by atoms with E-state index < -0.39 is 5.91 Å². The number of carbonyl (C=O) groups is 2. The van der Waals surface area contributed by atoms with E-state index in [1.807, 2.05) is 25.1 Å². The van der Waals surface area contributed by atoms with Gasteiger partial charge in [-0.1, -0.05) is 32.0 Å². The first-order valence-corrected chi connectivity index (χ1v) is 9.79. The molecule has 0 spiro atoms. The number of hydrogen-bond donors (Lipinski definition) is 2. The largest absolute Gasteiger partial charge is 0.492 e.